The Hall–Kier alpha value is 0.130. The maximum atomic E-state index is 12.6. The van der Waals surface area contributed by atoms with E-state index in [1.807, 2.05) is 25.1 Å². The van der Waals surface area contributed by atoms with E-state index in [9.17, 15) is 8.42 Å². The molecule has 0 spiro atoms. The summed E-state index contributed by atoms with van der Waals surface area (Å²) in [5.74, 6) is 0. The van der Waals surface area contributed by atoms with Crippen LogP contribution in [0.25, 0.3) is 0 Å². The fraction of sp³-hybridized carbons (Fsp3) is 0.739. The first kappa shape index (κ1) is 28.1. The third-order valence-corrected chi connectivity index (χ3v) is 6.53. The van der Waals surface area contributed by atoms with Gasteiger partial charge in [0, 0.05) is 0 Å². The second kappa shape index (κ2) is 16.9. The van der Waals surface area contributed by atoms with Gasteiger partial charge in [0.25, 0.3) is 10.1 Å². The SMILES string of the molecule is CCCCCCCCOS(=O)(=O)c1cc(CCCCCCCC)ccc1C.[NaH]. The Balaban J connectivity index is 0.00000729. The molecular formula is C23H41NaO3S. The van der Waals surface area contributed by atoms with Gasteiger partial charge in [0.2, 0.25) is 0 Å². The van der Waals surface area contributed by atoms with E-state index in [0.29, 0.717) is 4.90 Å². The Morgan fingerprint density at radius 2 is 1.32 bits per heavy atom. The zero-order valence-corrected chi connectivity index (χ0v) is 18.6. The summed E-state index contributed by atoms with van der Waals surface area (Å²) < 4.78 is 30.4. The summed E-state index contributed by atoms with van der Waals surface area (Å²) in [5, 5.41) is 0. The first-order valence-corrected chi connectivity index (χ1v) is 12.4. The molecule has 0 fully saturated rings. The summed E-state index contributed by atoms with van der Waals surface area (Å²) in [4.78, 5) is 0.344. The predicted molar refractivity (Wildman–Crippen MR) is 122 cm³/mol. The number of benzene rings is 1. The van der Waals surface area contributed by atoms with Gasteiger partial charge in [0.15, 0.2) is 0 Å². The third-order valence-electron chi connectivity index (χ3n) is 5.08. The first-order valence-electron chi connectivity index (χ1n) is 11.0. The topological polar surface area (TPSA) is 43.4 Å². The van der Waals surface area contributed by atoms with Crippen molar-refractivity contribution in [3.63, 3.8) is 0 Å². The minimum atomic E-state index is -3.65. The molecule has 0 heterocycles. The zero-order chi connectivity index (χ0) is 20.0. The molecule has 0 aromatic heterocycles. The molecule has 1 aromatic rings. The van der Waals surface area contributed by atoms with Gasteiger partial charge in [-0.1, -0.05) is 90.2 Å². The zero-order valence-electron chi connectivity index (χ0n) is 17.8. The maximum absolute atomic E-state index is 12.6. The molecule has 0 unspecified atom stereocenters. The summed E-state index contributed by atoms with van der Waals surface area (Å²) >= 11 is 0. The van der Waals surface area contributed by atoms with E-state index in [4.69, 9.17) is 4.18 Å². The van der Waals surface area contributed by atoms with E-state index < -0.39 is 10.1 Å². The van der Waals surface area contributed by atoms with Crippen molar-refractivity contribution >= 4 is 39.7 Å². The standard InChI is InChI=1S/C23H40O3S.Na.H/c1-4-6-8-10-12-14-16-22-18-17-21(3)23(20-22)27(24,25)26-19-15-13-11-9-7-5-2;;/h17-18,20H,4-16,19H2,1-3H3;;. The van der Waals surface area contributed by atoms with Crippen molar-refractivity contribution in [2.45, 2.75) is 109 Å². The van der Waals surface area contributed by atoms with E-state index >= 15 is 0 Å². The third kappa shape index (κ3) is 12.0. The molecule has 0 aliphatic carbocycles. The Kier molecular flexibility index (Phi) is 17.0. The van der Waals surface area contributed by atoms with Crippen molar-refractivity contribution in [3.8, 4) is 0 Å². The van der Waals surface area contributed by atoms with Crippen LogP contribution in [0.4, 0.5) is 0 Å². The molecule has 5 heteroatoms. The Morgan fingerprint density at radius 1 is 0.786 bits per heavy atom. The molecule has 0 saturated heterocycles. The second-order valence-corrected chi connectivity index (χ2v) is 9.25. The van der Waals surface area contributed by atoms with Crippen LogP contribution in [0.15, 0.2) is 23.1 Å². The Labute approximate surface area is 196 Å². The molecule has 0 bridgehead atoms. The van der Waals surface area contributed by atoms with Crippen LogP contribution < -0.4 is 0 Å². The van der Waals surface area contributed by atoms with Gasteiger partial charge < -0.3 is 0 Å². The van der Waals surface area contributed by atoms with E-state index in [1.54, 1.807) is 0 Å². The summed E-state index contributed by atoms with van der Waals surface area (Å²) in [6.45, 7) is 6.55. The monoisotopic (exact) mass is 420 g/mol. The van der Waals surface area contributed by atoms with Crippen LogP contribution in [0.5, 0.6) is 0 Å². The molecule has 28 heavy (non-hydrogen) atoms. The Bertz CT molecular complexity index is 614. The first-order chi connectivity index (χ1) is 13.0. The van der Waals surface area contributed by atoms with E-state index in [2.05, 4.69) is 13.8 Å². The van der Waals surface area contributed by atoms with Gasteiger partial charge >= 0.3 is 29.6 Å². The molecule has 158 valence electrons. The molecule has 0 amide bonds. The van der Waals surface area contributed by atoms with Gasteiger partial charge in [-0.3, -0.25) is 4.18 Å². The summed E-state index contributed by atoms with van der Waals surface area (Å²) in [6, 6.07) is 5.78. The van der Waals surface area contributed by atoms with Crippen molar-refractivity contribution in [1.29, 1.82) is 0 Å². The Morgan fingerprint density at radius 3 is 1.93 bits per heavy atom. The number of aryl methyl sites for hydroxylation is 2. The normalized spacial score (nSPS) is 11.4. The van der Waals surface area contributed by atoms with Gasteiger partial charge in [-0.15, -0.1) is 0 Å². The quantitative estimate of drug-likeness (QED) is 0.179. The van der Waals surface area contributed by atoms with Gasteiger partial charge in [0.05, 0.1) is 11.5 Å². The van der Waals surface area contributed by atoms with Gasteiger partial charge in [-0.05, 0) is 43.4 Å². The summed E-state index contributed by atoms with van der Waals surface area (Å²) in [6.07, 6.45) is 15.1. The molecule has 0 radical (unpaired) electrons. The summed E-state index contributed by atoms with van der Waals surface area (Å²) in [7, 11) is -3.65. The minimum absolute atomic E-state index is 0. The van der Waals surface area contributed by atoms with Crippen molar-refractivity contribution in [3.05, 3.63) is 29.3 Å². The summed E-state index contributed by atoms with van der Waals surface area (Å²) in [5.41, 5.74) is 1.86. The molecule has 1 rings (SSSR count). The van der Waals surface area contributed by atoms with Crippen molar-refractivity contribution in [1.82, 2.24) is 0 Å². The van der Waals surface area contributed by atoms with Gasteiger partial charge in [-0.25, -0.2) is 0 Å². The number of hydrogen-bond acceptors (Lipinski definition) is 3. The number of hydrogen-bond donors (Lipinski definition) is 0. The van der Waals surface area contributed by atoms with Crippen LogP contribution in [0.2, 0.25) is 0 Å². The molecule has 0 saturated carbocycles. The van der Waals surface area contributed by atoms with E-state index in [-0.39, 0.29) is 36.2 Å². The molecule has 0 atom stereocenters. The molecule has 3 nitrogen and oxygen atoms in total. The van der Waals surface area contributed by atoms with Crippen LogP contribution in [-0.2, 0) is 20.7 Å². The predicted octanol–water partition coefficient (Wildman–Crippen LogP) is 6.32. The van der Waals surface area contributed by atoms with Crippen LogP contribution in [0, 0.1) is 6.92 Å². The number of rotatable bonds is 16. The average molecular weight is 421 g/mol. The van der Waals surface area contributed by atoms with Crippen molar-refractivity contribution in [2.75, 3.05) is 6.61 Å². The van der Waals surface area contributed by atoms with Crippen molar-refractivity contribution in [2.24, 2.45) is 0 Å². The molecule has 0 aliphatic heterocycles. The van der Waals surface area contributed by atoms with Gasteiger partial charge in [0.1, 0.15) is 0 Å². The van der Waals surface area contributed by atoms with Crippen LogP contribution in [0.1, 0.15) is 102 Å². The molecular weight excluding hydrogens is 379 g/mol. The van der Waals surface area contributed by atoms with E-state index in [0.717, 1.165) is 43.2 Å². The number of unbranched alkanes of at least 4 members (excludes halogenated alkanes) is 10. The van der Waals surface area contributed by atoms with E-state index in [1.165, 1.54) is 51.4 Å². The van der Waals surface area contributed by atoms with Crippen LogP contribution in [-0.4, -0.2) is 44.6 Å². The van der Waals surface area contributed by atoms with Crippen LogP contribution >= 0.6 is 0 Å². The fourth-order valence-electron chi connectivity index (χ4n) is 3.29. The molecule has 1 aromatic carbocycles. The van der Waals surface area contributed by atoms with Gasteiger partial charge in [-0.2, -0.15) is 8.42 Å². The second-order valence-electron chi connectivity index (χ2n) is 7.66. The average Bonchev–Trinajstić information content (AvgIpc) is 2.65. The molecule has 0 aliphatic rings. The molecule has 0 N–H and O–H groups in total. The van der Waals surface area contributed by atoms with Crippen LogP contribution in [0.3, 0.4) is 0 Å². The van der Waals surface area contributed by atoms with Crippen molar-refractivity contribution < 1.29 is 12.6 Å². The fourth-order valence-corrected chi connectivity index (χ4v) is 4.52.